The zero-order valence-electron chi connectivity index (χ0n) is 11.4. The lowest BCUT2D eigenvalue weighted by molar-refractivity contribution is 0.451. The number of halogens is 1. The molecule has 20 heavy (non-hydrogen) atoms. The molecule has 0 bridgehead atoms. The Morgan fingerprint density at radius 3 is 2.95 bits per heavy atom. The van der Waals surface area contributed by atoms with E-state index in [1.807, 2.05) is 19.1 Å². The molecule has 1 N–H and O–H groups in total. The fourth-order valence-electron chi connectivity index (χ4n) is 1.95. The van der Waals surface area contributed by atoms with E-state index in [2.05, 4.69) is 10.3 Å². The highest BCUT2D eigenvalue weighted by molar-refractivity contribution is 5.35. The maximum atomic E-state index is 13.2. The number of hydrogen-bond acceptors (Lipinski definition) is 3. The summed E-state index contributed by atoms with van der Waals surface area (Å²) in [6, 6.07) is 10.8. The molecule has 1 aliphatic carbocycles. The molecular weight excluding hydrogens is 255 g/mol. The summed E-state index contributed by atoms with van der Waals surface area (Å²) in [4.78, 5) is 4.43. The molecule has 1 aromatic carbocycles. The molecule has 1 fully saturated rings. The summed E-state index contributed by atoms with van der Waals surface area (Å²) in [7, 11) is 0. The molecule has 0 amide bonds. The summed E-state index contributed by atoms with van der Waals surface area (Å²) in [6.45, 7) is 2.62. The van der Waals surface area contributed by atoms with E-state index in [1.165, 1.54) is 25.0 Å². The lowest BCUT2D eigenvalue weighted by Crippen LogP contribution is -2.16. The Morgan fingerprint density at radius 2 is 2.15 bits per heavy atom. The number of rotatable bonds is 5. The largest absolute Gasteiger partial charge is 0.439 e. The van der Waals surface area contributed by atoms with Gasteiger partial charge in [-0.1, -0.05) is 12.1 Å². The van der Waals surface area contributed by atoms with Gasteiger partial charge in [0.1, 0.15) is 11.6 Å². The van der Waals surface area contributed by atoms with Gasteiger partial charge in [0.15, 0.2) is 0 Å². The standard InChI is InChI=1S/C16H17FN2O/c1-11-5-6-12(17)9-15(11)20-16-4-2-3-14(19-16)10-18-13-7-8-13/h2-6,9,13,18H,7-8,10H2,1H3. The molecule has 0 unspecified atom stereocenters. The van der Waals surface area contributed by atoms with Crippen LogP contribution < -0.4 is 10.1 Å². The van der Waals surface area contributed by atoms with Crippen LogP contribution in [0.1, 0.15) is 24.1 Å². The van der Waals surface area contributed by atoms with Gasteiger partial charge < -0.3 is 10.1 Å². The van der Waals surface area contributed by atoms with Crippen LogP contribution in [0.4, 0.5) is 4.39 Å². The Kier molecular flexibility index (Phi) is 3.65. The van der Waals surface area contributed by atoms with Gasteiger partial charge in [0.05, 0.1) is 5.69 Å². The van der Waals surface area contributed by atoms with Gasteiger partial charge in [-0.3, -0.25) is 0 Å². The van der Waals surface area contributed by atoms with Crippen molar-refractivity contribution in [3.05, 3.63) is 53.5 Å². The third-order valence-corrected chi connectivity index (χ3v) is 3.30. The third-order valence-electron chi connectivity index (χ3n) is 3.30. The Bertz CT molecular complexity index is 611. The van der Waals surface area contributed by atoms with Crippen LogP contribution in [0, 0.1) is 12.7 Å². The lowest BCUT2D eigenvalue weighted by atomic mass is 10.2. The Balaban J connectivity index is 1.72. The Hall–Kier alpha value is -1.94. The fourth-order valence-corrected chi connectivity index (χ4v) is 1.95. The normalized spacial score (nSPS) is 14.3. The third kappa shape index (κ3) is 3.33. The number of aromatic nitrogens is 1. The van der Waals surface area contributed by atoms with Gasteiger partial charge >= 0.3 is 0 Å². The topological polar surface area (TPSA) is 34.1 Å². The van der Waals surface area contributed by atoms with Crippen LogP contribution in [0.25, 0.3) is 0 Å². The Labute approximate surface area is 117 Å². The zero-order chi connectivity index (χ0) is 13.9. The molecule has 0 atom stereocenters. The summed E-state index contributed by atoms with van der Waals surface area (Å²) >= 11 is 0. The molecule has 3 rings (SSSR count). The van der Waals surface area contributed by atoms with Crippen molar-refractivity contribution in [2.45, 2.75) is 32.4 Å². The molecule has 1 heterocycles. The second-order valence-corrected chi connectivity index (χ2v) is 5.13. The summed E-state index contributed by atoms with van der Waals surface area (Å²) in [5, 5.41) is 3.41. The predicted molar refractivity (Wildman–Crippen MR) is 75.3 cm³/mol. The minimum atomic E-state index is -0.308. The first-order valence-electron chi connectivity index (χ1n) is 6.84. The highest BCUT2D eigenvalue weighted by Crippen LogP contribution is 2.25. The van der Waals surface area contributed by atoms with Gasteiger partial charge in [0.25, 0.3) is 0 Å². The quantitative estimate of drug-likeness (QED) is 0.903. The molecule has 1 aliphatic rings. The number of hydrogen-bond donors (Lipinski definition) is 1. The maximum absolute atomic E-state index is 13.2. The first kappa shape index (κ1) is 13.1. The van der Waals surface area contributed by atoms with E-state index in [1.54, 1.807) is 12.1 Å². The van der Waals surface area contributed by atoms with Crippen molar-refractivity contribution in [1.82, 2.24) is 10.3 Å². The number of aryl methyl sites for hydroxylation is 1. The van der Waals surface area contributed by atoms with Gasteiger partial charge in [0, 0.05) is 24.7 Å². The highest BCUT2D eigenvalue weighted by Gasteiger charge is 2.20. The summed E-state index contributed by atoms with van der Waals surface area (Å²) in [5.41, 5.74) is 1.82. The molecular formula is C16H17FN2O. The molecule has 4 heteroatoms. The fraction of sp³-hybridized carbons (Fsp3) is 0.312. The summed E-state index contributed by atoms with van der Waals surface area (Å²) in [6.07, 6.45) is 2.50. The van der Waals surface area contributed by atoms with Gasteiger partial charge in [0.2, 0.25) is 5.88 Å². The van der Waals surface area contributed by atoms with Gasteiger partial charge in [-0.05, 0) is 37.5 Å². The van der Waals surface area contributed by atoms with E-state index in [9.17, 15) is 4.39 Å². The van der Waals surface area contributed by atoms with Crippen LogP contribution in [0.5, 0.6) is 11.6 Å². The van der Waals surface area contributed by atoms with E-state index >= 15 is 0 Å². The van der Waals surface area contributed by atoms with Crippen molar-refractivity contribution in [3.8, 4) is 11.6 Å². The second kappa shape index (κ2) is 5.59. The van der Waals surface area contributed by atoms with Gasteiger partial charge in [-0.25, -0.2) is 9.37 Å². The maximum Gasteiger partial charge on any atom is 0.219 e. The molecule has 0 saturated heterocycles. The molecule has 104 valence electrons. The van der Waals surface area contributed by atoms with Crippen LogP contribution in [0.15, 0.2) is 36.4 Å². The van der Waals surface area contributed by atoms with E-state index in [4.69, 9.17) is 4.74 Å². The first-order valence-corrected chi connectivity index (χ1v) is 6.84. The molecule has 3 nitrogen and oxygen atoms in total. The van der Waals surface area contributed by atoms with Crippen LogP contribution in [0.3, 0.4) is 0 Å². The Morgan fingerprint density at radius 1 is 1.30 bits per heavy atom. The van der Waals surface area contributed by atoms with Gasteiger partial charge in [-0.2, -0.15) is 0 Å². The molecule has 2 aromatic rings. The van der Waals surface area contributed by atoms with Crippen molar-refractivity contribution < 1.29 is 9.13 Å². The second-order valence-electron chi connectivity index (χ2n) is 5.13. The molecule has 0 spiro atoms. The van der Waals surface area contributed by atoms with Crippen LogP contribution in [-0.2, 0) is 6.54 Å². The highest BCUT2D eigenvalue weighted by atomic mass is 19.1. The number of pyridine rings is 1. The summed E-state index contributed by atoms with van der Waals surface area (Å²) < 4.78 is 18.9. The molecule has 1 saturated carbocycles. The number of benzene rings is 1. The minimum Gasteiger partial charge on any atom is -0.439 e. The smallest absolute Gasteiger partial charge is 0.219 e. The van der Waals surface area contributed by atoms with Crippen LogP contribution >= 0.6 is 0 Å². The van der Waals surface area contributed by atoms with E-state index < -0.39 is 0 Å². The first-order chi connectivity index (χ1) is 9.70. The predicted octanol–water partition coefficient (Wildman–Crippen LogP) is 3.57. The number of nitrogens with one attached hydrogen (secondary N) is 1. The lowest BCUT2D eigenvalue weighted by Gasteiger charge is -2.09. The van der Waals surface area contributed by atoms with Crippen molar-refractivity contribution in [1.29, 1.82) is 0 Å². The average molecular weight is 272 g/mol. The molecule has 0 radical (unpaired) electrons. The van der Waals surface area contributed by atoms with Crippen molar-refractivity contribution in [3.63, 3.8) is 0 Å². The van der Waals surface area contributed by atoms with Crippen LogP contribution in [0.2, 0.25) is 0 Å². The zero-order valence-corrected chi connectivity index (χ0v) is 11.4. The number of nitrogens with zero attached hydrogens (tertiary/aromatic N) is 1. The van der Waals surface area contributed by atoms with E-state index in [0.717, 1.165) is 17.8 Å². The summed E-state index contributed by atoms with van der Waals surface area (Å²) in [5.74, 6) is 0.691. The monoisotopic (exact) mass is 272 g/mol. The SMILES string of the molecule is Cc1ccc(F)cc1Oc1cccc(CNC2CC2)n1. The van der Waals surface area contributed by atoms with Crippen molar-refractivity contribution in [2.24, 2.45) is 0 Å². The van der Waals surface area contributed by atoms with Crippen molar-refractivity contribution >= 4 is 0 Å². The molecule has 0 aliphatic heterocycles. The number of ether oxygens (including phenoxy) is 1. The average Bonchev–Trinajstić information content (AvgIpc) is 3.25. The van der Waals surface area contributed by atoms with E-state index in [-0.39, 0.29) is 5.82 Å². The van der Waals surface area contributed by atoms with Gasteiger partial charge in [-0.15, -0.1) is 0 Å². The van der Waals surface area contributed by atoms with Crippen molar-refractivity contribution in [2.75, 3.05) is 0 Å². The molecule has 1 aromatic heterocycles. The minimum absolute atomic E-state index is 0.308. The van der Waals surface area contributed by atoms with E-state index in [0.29, 0.717) is 17.7 Å². The van der Waals surface area contributed by atoms with Crippen LogP contribution in [-0.4, -0.2) is 11.0 Å².